The van der Waals surface area contributed by atoms with Crippen LogP contribution in [0.25, 0.3) is 0 Å². The van der Waals surface area contributed by atoms with Crippen molar-refractivity contribution >= 4 is 29.2 Å². The van der Waals surface area contributed by atoms with Crippen molar-refractivity contribution in [3.05, 3.63) is 58.6 Å². The van der Waals surface area contributed by atoms with Gasteiger partial charge >= 0.3 is 5.97 Å². The maximum atomic E-state index is 11.7. The first kappa shape index (κ1) is 15.7. The Morgan fingerprint density at radius 2 is 1.71 bits per heavy atom. The summed E-state index contributed by atoms with van der Waals surface area (Å²) in [5.74, 6) is 0.768. The standard InChI is InChI=1S/C16H14Cl2O3/c17-12-7-9-13(10-8-12)20-11-3-6-16(19)21-15-5-2-1-4-14(15)18/h1-2,4-5,7-10H,3,6,11H2. The quantitative estimate of drug-likeness (QED) is 0.436. The van der Waals surface area contributed by atoms with Gasteiger partial charge in [0.15, 0.2) is 0 Å². The highest BCUT2D eigenvalue weighted by Crippen LogP contribution is 2.23. The third-order valence-electron chi connectivity index (χ3n) is 2.67. The minimum atomic E-state index is -0.331. The van der Waals surface area contributed by atoms with Gasteiger partial charge in [0.05, 0.1) is 11.6 Å². The lowest BCUT2D eigenvalue weighted by atomic mass is 10.3. The summed E-state index contributed by atoms with van der Waals surface area (Å²) < 4.78 is 10.7. The van der Waals surface area contributed by atoms with Crippen LogP contribution in [0.15, 0.2) is 48.5 Å². The predicted octanol–water partition coefficient (Wildman–Crippen LogP) is 4.76. The van der Waals surface area contributed by atoms with E-state index in [4.69, 9.17) is 32.7 Å². The van der Waals surface area contributed by atoms with Gasteiger partial charge in [0, 0.05) is 11.4 Å². The average molecular weight is 325 g/mol. The lowest BCUT2D eigenvalue weighted by Crippen LogP contribution is -2.10. The molecule has 0 spiro atoms. The van der Waals surface area contributed by atoms with Gasteiger partial charge in [-0.1, -0.05) is 35.3 Å². The fourth-order valence-corrected chi connectivity index (χ4v) is 1.94. The lowest BCUT2D eigenvalue weighted by molar-refractivity contribution is -0.134. The molecule has 5 heteroatoms. The Kier molecular flexibility index (Phi) is 5.90. The van der Waals surface area contributed by atoms with Gasteiger partial charge < -0.3 is 9.47 Å². The van der Waals surface area contributed by atoms with E-state index in [-0.39, 0.29) is 12.4 Å². The molecule has 0 radical (unpaired) electrons. The maximum absolute atomic E-state index is 11.7. The minimum absolute atomic E-state index is 0.263. The van der Waals surface area contributed by atoms with Gasteiger partial charge in [-0.2, -0.15) is 0 Å². The van der Waals surface area contributed by atoms with Crippen molar-refractivity contribution in [2.75, 3.05) is 6.61 Å². The SMILES string of the molecule is O=C(CCCOc1ccc(Cl)cc1)Oc1ccccc1Cl. The monoisotopic (exact) mass is 324 g/mol. The van der Waals surface area contributed by atoms with Crippen LogP contribution in [0, 0.1) is 0 Å². The summed E-state index contributed by atoms with van der Waals surface area (Å²) in [6.45, 7) is 0.430. The second kappa shape index (κ2) is 7.91. The van der Waals surface area contributed by atoms with Crippen LogP contribution in [0.4, 0.5) is 0 Å². The second-order valence-corrected chi connectivity index (χ2v) is 5.15. The summed E-state index contributed by atoms with van der Waals surface area (Å²) in [5, 5.41) is 1.08. The van der Waals surface area contributed by atoms with Crippen LogP contribution in [0.3, 0.4) is 0 Å². The fourth-order valence-electron chi connectivity index (χ4n) is 1.64. The lowest BCUT2D eigenvalue weighted by Gasteiger charge is -2.07. The molecule has 21 heavy (non-hydrogen) atoms. The molecule has 0 bridgehead atoms. The molecule has 0 aliphatic rings. The molecule has 110 valence electrons. The Balaban J connectivity index is 1.70. The van der Waals surface area contributed by atoms with Crippen molar-refractivity contribution in [2.45, 2.75) is 12.8 Å². The van der Waals surface area contributed by atoms with E-state index in [1.807, 2.05) is 0 Å². The molecular formula is C16H14Cl2O3. The predicted molar refractivity (Wildman–Crippen MR) is 83.3 cm³/mol. The van der Waals surface area contributed by atoms with E-state index in [0.717, 1.165) is 5.75 Å². The van der Waals surface area contributed by atoms with Gasteiger partial charge in [-0.25, -0.2) is 0 Å². The summed E-state index contributed by atoms with van der Waals surface area (Å²) in [4.78, 5) is 11.7. The Morgan fingerprint density at radius 3 is 2.43 bits per heavy atom. The first-order valence-corrected chi connectivity index (χ1v) is 7.24. The zero-order valence-corrected chi connectivity index (χ0v) is 12.7. The van der Waals surface area contributed by atoms with Crippen molar-refractivity contribution in [1.29, 1.82) is 0 Å². The zero-order chi connectivity index (χ0) is 15.1. The van der Waals surface area contributed by atoms with Gasteiger partial charge in [0.1, 0.15) is 11.5 Å². The van der Waals surface area contributed by atoms with E-state index in [9.17, 15) is 4.79 Å². The number of para-hydroxylation sites is 1. The van der Waals surface area contributed by atoms with E-state index >= 15 is 0 Å². The molecule has 0 N–H and O–H groups in total. The van der Waals surface area contributed by atoms with Crippen molar-refractivity contribution < 1.29 is 14.3 Å². The van der Waals surface area contributed by atoms with Crippen LogP contribution >= 0.6 is 23.2 Å². The number of benzene rings is 2. The highest BCUT2D eigenvalue weighted by atomic mass is 35.5. The van der Waals surface area contributed by atoms with Gasteiger partial charge in [0.2, 0.25) is 0 Å². The van der Waals surface area contributed by atoms with E-state index in [1.165, 1.54) is 0 Å². The third kappa shape index (κ3) is 5.29. The first-order chi connectivity index (χ1) is 10.1. The van der Waals surface area contributed by atoms with Crippen molar-refractivity contribution in [3.63, 3.8) is 0 Å². The van der Waals surface area contributed by atoms with E-state index in [1.54, 1.807) is 48.5 Å². The topological polar surface area (TPSA) is 35.5 Å². The molecule has 0 saturated carbocycles. The summed E-state index contributed by atoms with van der Waals surface area (Å²) in [7, 11) is 0. The highest BCUT2D eigenvalue weighted by molar-refractivity contribution is 6.32. The van der Waals surface area contributed by atoms with Gasteiger partial charge in [0.25, 0.3) is 0 Å². The molecule has 0 heterocycles. The molecule has 2 aromatic rings. The Morgan fingerprint density at radius 1 is 1.00 bits per heavy atom. The largest absolute Gasteiger partial charge is 0.494 e. The Hall–Kier alpha value is -1.71. The smallest absolute Gasteiger partial charge is 0.311 e. The van der Waals surface area contributed by atoms with Gasteiger partial charge in [-0.05, 0) is 42.8 Å². The van der Waals surface area contributed by atoms with E-state index in [2.05, 4.69) is 0 Å². The minimum Gasteiger partial charge on any atom is -0.494 e. The fraction of sp³-hybridized carbons (Fsp3) is 0.188. The average Bonchev–Trinajstić information content (AvgIpc) is 2.48. The second-order valence-electron chi connectivity index (χ2n) is 4.31. The van der Waals surface area contributed by atoms with E-state index in [0.29, 0.717) is 28.8 Å². The van der Waals surface area contributed by atoms with Gasteiger partial charge in [-0.3, -0.25) is 4.79 Å². The first-order valence-electron chi connectivity index (χ1n) is 6.49. The molecule has 0 aliphatic heterocycles. The molecule has 0 unspecified atom stereocenters. The molecule has 2 aromatic carbocycles. The normalized spacial score (nSPS) is 10.2. The van der Waals surface area contributed by atoms with Crippen LogP contribution in [0.5, 0.6) is 11.5 Å². The molecule has 0 aromatic heterocycles. The number of halogens is 2. The van der Waals surface area contributed by atoms with Crippen LogP contribution in [-0.4, -0.2) is 12.6 Å². The summed E-state index contributed by atoms with van der Waals surface area (Å²) in [6, 6.07) is 13.9. The Bertz CT molecular complexity index is 597. The van der Waals surface area contributed by atoms with Crippen LogP contribution in [0.1, 0.15) is 12.8 Å². The molecule has 3 nitrogen and oxygen atoms in total. The van der Waals surface area contributed by atoms with Crippen LogP contribution < -0.4 is 9.47 Å². The number of hydrogen-bond acceptors (Lipinski definition) is 3. The molecule has 0 fully saturated rings. The summed E-state index contributed by atoms with van der Waals surface area (Å²) in [6.07, 6.45) is 0.824. The molecule has 0 aliphatic carbocycles. The Labute approximate surface area is 133 Å². The number of carbonyl (C=O) groups is 1. The third-order valence-corrected chi connectivity index (χ3v) is 3.23. The maximum Gasteiger partial charge on any atom is 0.311 e. The molecule has 2 rings (SSSR count). The number of rotatable bonds is 6. The number of hydrogen-bond donors (Lipinski definition) is 0. The zero-order valence-electron chi connectivity index (χ0n) is 11.2. The van der Waals surface area contributed by atoms with Gasteiger partial charge in [-0.15, -0.1) is 0 Å². The molecule has 0 amide bonds. The van der Waals surface area contributed by atoms with Crippen LogP contribution in [-0.2, 0) is 4.79 Å². The number of esters is 1. The highest BCUT2D eigenvalue weighted by Gasteiger charge is 2.07. The van der Waals surface area contributed by atoms with E-state index < -0.39 is 0 Å². The summed E-state index contributed by atoms with van der Waals surface area (Å²) in [5.41, 5.74) is 0. The molecule has 0 atom stereocenters. The number of carbonyl (C=O) groups excluding carboxylic acids is 1. The molecular weight excluding hydrogens is 311 g/mol. The van der Waals surface area contributed by atoms with Crippen molar-refractivity contribution in [1.82, 2.24) is 0 Å². The van der Waals surface area contributed by atoms with Crippen LogP contribution in [0.2, 0.25) is 10.0 Å². The summed E-state index contributed by atoms with van der Waals surface area (Å²) >= 11 is 11.7. The van der Waals surface area contributed by atoms with Crippen molar-refractivity contribution in [2.24, 2.45) is 0 Å². The number of ether oxygens (including phenoxy) is 2. The molecule has 0 saturated heterocycles. The van der Waals surface area contributed by atoms with Crippen molar-refractivity contribution in [3.8, 4) is 11.5 Å².